The van der Waals surface area contributed by atoms with Gasteiger partial charge in [-0.25, -0.2) is 14.1 Å². The molecule has 3 aromatic rings. The van der Waals surface area contributed by atoms with Crippen molar-refractivity contribution in [2.45, 2.75) is 20.4 Å². The van der Waals surface area contributed by atoms with Crippen LogP contribution in [0.1, 0.15) is 27.9 Å². The van der Waals surface area contributed by atoms with Gasteiger partial charge >= 0.3 is 0 Å². The van der Waals surface area contributed by atoms with Crippen LogP contribution in [0.3, 0.4) is 0 Å². The molecule has 2 aromatic heterocycles. The van der Waals surface area contributed by atoms with E-state index in [4.69, 9.17) is 4.52 Å². The molecule has 1 amide bonds. The highest BCUT2D eigenvalue weighted by molar-refractivity contribution is 5.90. The number of hydrogen-bond donors (Lipinski definition) is 0. The molecule has 0 radical (unpaired) electrons. The van der Waals surface area contributed by atoms with Crippen molar-refractivity contribution in [3.8, 4) is 5.69 Å². The van der Waals surface area contributed by atoms with Crippen molar-refractivity contribution in [1.82, 2.24) is 24.8 Å². The van der Waals surface area contributed by atoms with Crippen molar-refractivity contribution in [2.24, 2.45) is 0 Å². The van der Waals surface area contributed by atoms with Gasteiger partial charge in [-0.1, -0.05) is 5.16 Å². The van der Waals surface area contributed by atoms with Crippen LogP contribution >= 0.6 is 0 Å². The van der Waals surface area contributed by atoms with Crippen LogP contribution in [0.2, 0.25) is 0 Å². The highest BCUT2D eigenvalue weighted by Gasteiger charge is 2.20. The van der Waals surface area contributed by atoms with E-state index >= 15 is 0 Å². The maximum Gasteiger partial charge on any atom is 0.293 e. The number of rotatable bonds is 4. The summed E-state index contributed by atoms with van der Waals surface area (Å²) < 4.78 is 19.5. The van der Waals surface area contributed by atoms with Crippen LogP contribution in [0.4, 0.5) is 4.39 Å². The van der Waals surface area contributed by atoms with E-state index in [0.29, 0.717) is 29.5 Å². The summed E-state index contributed by atoms with van der Waals surface area (Å²) in [5, 5.41) is 8.09. The second kappa shape index (κ2) is 6.23. The highest BCUT2D eigenvalue weighted by Crippen LogP contribution is 2.12. The molecule has 7 nitrogen and oxygen atoms in total. The van der Waals surface area contributed by atoms with Crippen LogP contribution in [0.15, 0.2) is 34.9 Å². The van der Waals surface area contributed by atoms with E-state index in [1.165, 1.54) is 21.7 Å². The number of aromatic nitrogens is 4. The third kappa shape index (κ3) is 3.17. The number of nitrogens with zero attached hydrogens (tertiary/aromatic N) is 5. The molecule has 0 saturated carbocycles. The van der Waals surface area contributed by atoms with Crippen LogP contribution in [0.5, 0.6) is 0 Å². The first-order valence-corrected chi connectivity index (χ1v) is 7.31. The molecular weight excluding hydrogens is 313 g/mol. The van der Waals surface area contributed by atoms with E-state index in [9.17, 15) is 9.18 Å². The first-order chi connectivity index (χ1) is 11.4. The van der Waals surface area contributed by atoms with Gasteiger partial charge in [-0.3, -0.25) is 4.79 Å². The van der Waals surface area contributed by atoms with E-state index in [-0.39, 0.29) is 17.5 Å². The number of aryl methyl sites for hydroxylation is 2. The second-order valence-corrected chi connectivity index (χ2v) is 5.46. The van der Waals surface area contributed by atoms with Gasteiger partial charge in [-0.05, 0) is 38.1 Å². The third-order valence-corrected chi connectivity index (χ3v) is 3.45. The van der Waals surface area contributed by atoms with Gasteiger partial charge in [0.1, 0.15) is 23.1 Å². The molecular formula is C16H16FN5O2. The molecule has 24 heavy (non-hydrogen) atoms. The van der Waals surface area contributed by atoms with Gasteiger partial charge in [-0.2, -0.15) is 0 Å². The molecule has 0 spiro atoms. The van der Waals surface area contributed by atoms with E-state index in [1.807, 2.05) is 0 Å². The van der Waals surface area contributed by atoms with E-state index in [0.717, 1.165) is 0 Å². The fourth-order valence-corrected chi connectivity index (χ4v) is 2.29. The Morgan fingerprint density at radius 2 is 2.00 bits per heavy atom. The Hall–Kier alpha value is -3.03. The van der Waals surface area contributed by atoms with E-state index in [1.54, 1.807) is 39.1 Å². The topological polar surface area (TPSA) is 77.1 Å². The Bertz CT molecular complexity index is 869. The van der Waals surface area contributed by atoms with E-state index in [2.05, 4.69) is 15.2 Å². The first kappa shape index (κ1) is 15.9. The summed E-state index contributed by atoms with van der Waals surface area (Å²) in [6.45, 7) is 3.81. The lowest BCUT2D eigenvalue weighted by molar-refractivity contribution is 0.0770. The molecule has 124 valence electrons. The Morgan fingerprint density at radius 1 is 1.29 bits per heavy atom. The second-order valence-electron chi connectivity index (χ2n) is 5.46. The van der Waals surface area contributed by atoms with Crippen molar-refractivity contribution in [2.75, 3.05) is 7.05 Å². The lowest BCUT2D eigenvalue weighted by Gasteiger charge is -2.12. The summed E-state index contributed by atoms with van der Waals surface area (Å²) in [7, 11) is 1.64. The minimum Gasteiger partial charge on any atom is -0.361 e. The number of benzene rings is 1. The molecule has 1 aromatic carbocycles. The molecule has 3 rings (SSSR count). The summed E-state index contributed by atoms with van der Waals surface area (Å²) >= 11 is 0. The van der Waals surface area contributed by atoms with Crippen LogP contribution < -0.4 is 0 Å². The summed E-state index contributed by atoms with van der Waals surface area (Å²) in [5.74, 6) is 0.616. The van der Waals surface area contributed by atoms with Gasteiger partial charge < -0.3 is 9.42 Å². The van der Waals surface area contributed by atoms with Gasteiger partial charge in [0, 0.05) is 13.1 Å². The van der Waals surface area contributed by atoms with Gasteiger partial charge in [0.05, 0.1) is 12.2 Å². The monoisotopic (exact) mass is 329 g/mol. The SMILES string of the molecule is Cc1cc(CN(C)C(=O)c2nc(C)n(-c3ccc(F)cc3)n2)no1. The molecule has 0 atom stereocenters. The predicted octanol–water partition coefficient (Wildman–Crippen LogP) is 2.28. The van der Waals surface area contributed by atoms with Crippen LogP contribution in [0.25, 0.3) is 5.69 Å². The lowest BCUT2D eigenvalue weighted by atomic mass is 10.3. The lowest BCUT2D eigenvalue weighted by Crippen LogP contribution is -2.27. The minimum atomic E-state index is -0.338. The fraction of sp³-hybridized carbons (Fsp3) is 0.250. The van der Waals surface area contributed by atoms with Gasteiger partial charge in [-0.15, -0.1) is 5.10 Å². The molecule has 2 heterocycles. The Balaban J connectivity index is 1.80. The van der Waals surface area contributed by atoms with E-state index < -0.39 is 0 Å². The average molecular weight is 329 g/mol. The average Bonchev–Trinajstić information content (AvgIpc) is 3.13. The maximum absolute atomic E-state index is 13.0. The van der Waals surface area contributed by atoms with Crippen molar-refractivity contribution >= 4 is 5.91 Å². The largest absolute Gasteiger partial charge is 0.361 e. The highest BCUT2D eigenvalue weighted by atomic mass is 19.1. The molecule has 0 fully saturated rings. The van der Waals surface area contributed by atoms with Crippen molar-refractivity contribution < 1.29 is 13.7 Å². The summed E-state index contributed by atoms with van der Waals surface area (Å²) in [4.78, 5) is 18.1. The number of carbonyl (C=O) groups is 1. The fourth-order valence-electron chi connectivity index (χ4n) is 2.29. The van der Waals surface area contributed by atoms with Gasteiger partial charge in [0.2, 0.25) is 5.82 Å². The molecule has 0 bridgehead atoms. The molecule has 0 aliphatic carbocycles. The number of amides is 1. The number of halogens is 1. The zero-order valence-corrected chi connectivity index (χ0v) is 13.5. The molecule has 0 unspecified atom stereocenters. The molecule has 0 N–H and O–H groups in total. The standard InChI is InChI=1S/C16H16FN5O2/c1-10-8-13(20-24-10)9-21(3)16(23)15-18-11(2)22(19-15)14-6-4-12(17)5-7-14/h4-8H,9H2,1-3H3. The quantitative estimate of drug-likeness (QED) is 0.734. The Morgan fingerprint density at radius 3 is 2.62 bits per heavy atom. The zero-order chi connectivity index (χ0) is 17.3. The van der Waals surface area contributed by atoms with Crippen molar-refractivity contribution in [3.05, 3.63) is 59.3 Å². The number of carbonyl (C=O) groups excluding carboxylic acids is 1. The van der Waals surface area contributed by atoms with Gasteiger partial charge in [0.25, 0.3) is 5.91 Å². The zero-order valence-electron chi connectivity index (χ0n) is 13.5. The maximum atomic E-state index is 13.0. The molecule has 0 saturated heterocycles. The van der Waals surface area contributed by atoms with Crippen LogP contribution in [-0.4, -0.2) is 37.8 Å². The summed E-state index contributed by atoms with van der Waals surface area (Å²) in [5.41, 5.74) is 1.29. The Labute approximate surface area is 137 Å². The molecule has 8 heteroatoms. The Kier molecular flexibility index (Phi) is 4.11. The smallest absolute Gasteiger partial charge is 0.293 e. The third-order valence-electron chi connectivity index (χ3n) is 3.45. The molecule has 0 aliphatic rings. The van der Waals surface area contributed by atoms with Crippen LogP contribution in [0, 0.1) is 19.7 Å². The predicted molar refractivity (Wildman–Crippen MR) is 83.1 cm³/mol. The summed E-state index contributed by atoms with van der Waals surface area (Å²) in [6, 6.07) is 7.58. The minimum absolute atomic E-state index is 0.0690. The van der Waals surface area contributed by atoms with Crippen LogP contribution in [-0.2, 0) is 6.54 Å². The van der Waals surface area contributed by atoms with Gasteiger partial charge in [0.15, 0.2) is 0 Å². The normalized spacial score (nSPS) is 10.8. The van der Waals surface area contributed by atoms with Crippen molar-refractivity contribution in [3.63, 3.8) is 0 Å². The molecule has 0 aliphatic heterocycles. The first-order valence-electron chi connectivity index (χ1n) is 7.31. The summed E-state index contributed by atoms with van der Waals surface area (Å²) in [6.07, 6.45) is 0. The number of hydrogen-bond acceptors (Lipinski definition) is 5. The van der Waals surface area contributed by atoms with Crippen molar-refractivity contribution in [1.29, 1.82) is 0 Å².